The van der Waals surface area contributed by atoms with E-state index in [0.29, 0.717) is 12.5 Å². The van der Waals surface area contributed by atoms with Gasteiger partial charge in [-0.3, -0.25) is 4.79 Å². The summed E-state index contributed by atoms with van der Waals surface area (Å²) in [6.45, 7) is 0.772. The van der Waals surface area contributed by atoms with Crippen LogP contribution in [-0.4, -0.2) is 18.5 Å². The number of hydrogen-bond donors (Lipinski definition) is 2. The Morgan fingerprint density at radius 3 is 2.54 bits per heavy atom. The molecule has 0 unspecified atom stereocenters. The molecule has 0 saturated heterocycles. The van der Waals surface area contributed by atoms with E-state index < -0.39 is 0 Å². The van der Waals surface area contributed by atoms with Gasteiger partial charge >= 0.3 is 0 Å². The Hall–Kier alpha value is -0.570. The highest BCUT2D eigenvalue weighted by Gasteiger charge is 2.22. The minimum absolute atomic E-state index is 0.232. The molecule has 1 aliphatic carbocycles. The molecule has 0 radical (unpaired) electrons. The normalized spacial score (nSPS) is 15.8. The lowest BCUT2D eigenvalue weighted by molar-refractivity contribution is -0.121. The molecule has 0 atom stereocenters. The largest absolute Gasteiger partial charge is 0.353 e. The first kappa shape index (κ1) is 10.5. The second kappa shape index (κ2) is 5.97. The molecule has 0 aromatic carbocycles. The van der Waals surface area contributed by atoms with Crippen molar-refractivity contribution in [3.05, 3.63) is 0 Å². The Labute approximate surface area is 80.1 Å². The summed E-state index contributed by atoms with van der Waals surface area (Å²) in [6.07, 6.45) is 7.45. The van der Waals surface area contributed by atoms with E-state index >= 15 is 0 Å². The number of hydrogen-bond acceptors (Lipinski definition) is 2. The fourth-order valence-corrected chi connectivity index (χ4v) is 1.31. The van der Waals surface area contributed by atoms with Crippen molar-refractivity contribution in [2.45, 2.75) is 51.0 Å². The molecule has 76 valence electrons. The molecule has 3 heteroatoms. The third-order valence-corrected chi connectivity index (χ3v) is 2.30. The number of carbonyl (C=O) groups excluding carboxylic acids is 1. The third-order valence-electron chi connectivity index (χ3n) is 2.30. The number of amides is 1. The molecule has 0 heterocycles. The minimum Gasteiger partial charge on any atom is -0.353 e. The first-order valence-corrected chi connectivity index (χ1v) is 5.32. The summed E-state index contributed by atoms with van der Waals surface area (Å²) in [6, 6.07) is 0.511. The van der Waals surface area contributed by atoms with E-state index in [1.807, 2.05) is 0 Å². The van der Waals surface area contributed by atoms with E-state index in [2.05, 4.69) is 5.32 Å². The Morgan fingerprint density at radius 2 is 1.92 bits per heavy atom. The van der Waals surface area contributed by atoms with Crippen LogP contribution in [0, 0.1) is 0 Å². The van der Waals surface area contributed by atoms with Crippen molar-refractivity contribution in [2.75, 3.05) is 6.54 Å². The number of nitrogens with one attached hydrogen (secondary N) is 1. The summed E-state index contributed by atoms with van der Waals surface area (Å²) in [4.78, 5) is 11.2. The lowest BCUT2D eigenvalue weighted by atomic mass is 10.1. The van der Waals surface area contributed by atoms with E-state index in [-0.39, 0.29) is 5.91 Å². The fourth-order valence-electron chi connectivity index (χ4n) is 1.31. The zero-order chi connectivity index (χ0) is 9.52. The molecule has 3 nitrogen and oxygen atoms in total. The minimum atomic E-state index is 0.232. The maximum atomic E-state index is 11.2. The van der Waals surface area contributed by atoms with E-state index in [4.69, 9.17) is 5.73 Å². The lowest BCUT2D eigenvalue weighted by Crippen LogP contribution is -2.24. The molecule has 1 amide bonds. The van der Waals surface area contributed by atoms with Crippen molar-refractivity contribution in [3.63, 3.8) is 0 Å². The van der Waals surface area contributed by atoms with Crippen LogP contribution in [0.5, 0.6) is 0 Å². The lowest BCUT2D eigenvalue weighted by Gasteiger charge is -2.02. The predicted molar refractivity (Wildman–Crippen MR) is 53.3 cm³/mol. The molecule has 1 fully saturated rings. The smallest absolute Gasteiger partial charge is 0.220 e. The highest BCUT2D eigenvalue weighted by atomic mass is 16.1. The quantitative estimate of drug-likeness (QED) is 0.584. The summed E-state index contributed by atoms with van der Waals surface area (Å²) >= 11 is 0. The van der Waals surface area contributed by atoms with Crippen LogP contribution in [0.3, 0.4) is 0 Å². The monoisotopic (exact) mass is 184 g/mol. The molecule has 0 bridgehead atoms. The summed E-state index contributed by atoms with van der Waals surface area (Å²) in [5, 5.41) is 2.98. The van der Waals surface area contributed by atoms with Gasteiger partial charge in [0.2, 0.25) is 5.91 Å². The van der Waals surface area contributed by atoms with Crippen LogP contribution in [-0.2, 0) is 4.79 Å². The van der Waals surface area contributed by atoms with Crippen molar-refractivity contribution >= 4 is 5.91 Å². The van der Waals surface area contributed by atoms with Gasteiger partial charge in [0.1, 0.15) is 0 Å². The number of unbranched alkanes of at least 4 members (excludes halogenated alkanes) is 3. The van der Waals surface area contributed by atoms with Gasteiger partial charge in [0.15, 0.2) is 0 Å². The number of rotatable bonds is 7. The van der Waals surface area contributed by atoms with Crippen LogP contribution in [0.15, 0.2) is 0 Å². The second-order valence-corrected chi connectivity index (χ2v) is 3.79. The third kappa shape index (κ3) is 5.64. The van der Waals surface area contributed by atoms with Gasteiger partial charge in [-0.05, 0) is 32.2 Å². The molecular weight excluding hydrogens is 164 g/mol. The van der Waals surface area contributed by atoms with Crippen LogP contribution >= 0.6 is 0 Å². The number of nitrogens with two attached hydrogens (primary N) is 1. The number of carbonyl (C=O) groups is 1. The maximum Gasteiger partial charge on any atom is 0.220 e. The first-order chi connectivity index (χ1) is 6.33. The van der Waals surface area contributed by atoms with Gasteiger partial charge in [0.25, 0.3) is 0 Å². The van der Waals surface area contributed by atoms with E-state index in [0.717, 1.165) is 32.2 Å². The molecule has 0 aromatic rings. The van der Waals surface area contributed by atoms with Crippen molar-refractivity contribution in [1.29, 1.82) is 0 Å². The van der Waals surface area contributed by atoms with Gasteiger partial charge in [-0.25, -0.2) is 0 Å². The van der Waals surface area contributed by atoms with Crippen LogP contribution < -0.4 is 11.1 Å². The van der Waals surface area contributed by atoms with Gasteiger partial charge in [-0.2, -0.15) is 0 Å². The van der Waals surface area contributed by atoms with Crippen LogP contribution in [0.2, 0.25) is 0 Å². The van der Waals surface area contributed by atoms with Gasteiger partial charge in [-0.1, -0.05) is 12.8 Å². The summed E-state index contributed by atoms with van der Waals surface area (Å²) in [7, 11) is 0. The zero-order valence-corrected chi connectivity index (χ0v) is 8.22. The summed E-state index contributed by atoms with van der Waals surface area (Å²) < 4.78 is 0. The van der Waals surface area contributed by atoms with Gasteiger partial charge in [-0.15, -0.1) is 0 Å². The first-order valence-electron chi connectivity index (χ1n) is 5.32. The Kier molecular flexibility index (Phi) is 4.83. The SMILES string of the molecule is NCCCCCCC(=O)NC1CC1. The van der Waals surface area contributed by atoms with Gasteiger partial charge < -0.3 is 11.1 Å². The molecule has 0 aliphatic heterocycles. The molecule has 1 aliphatic rings. The average Bonchev–Trinajstić information content (AvgIpc) is 2.88. The Bertz CT molecular complexity index is 155. The summed E-state index contributed by atoms with van der Waals surface area (Å²) in [5.74, 6) is 0.232. The Morgan fingerprint density at radius 1 is 1.23 bits per heavy atom. The van der Waals surface area contributed by atoms with Crippen molar-refractivity contribution in [1.82, 2.24) is 5.32 Å². The molecular formula is C10H20N2O. The second-order valence-electron chi connectivity index (χ2n) is 3.79. The maximum absolute atomic E-state index is 11.2. The molecule has 0 aromatic heterocycles. The highest BCUT2D eigenvalue weighted by molar-refractivity contribution is 5.76. The fraction of sp³-hybridized carbons (Fsp3) is 0.900. The predicted octanol–water partition coefficient (Wildman–Crippen LogP) is 1.17. The topological polar surface area (TPSA) is 55.1 Å². The molecule has 1 rings (SSSR count). The molecule has 1 saturated carbocycles. The average molecular weight is 184 g/mol. The molecule has 0 spiro atoms. The van der Waals surface area contributed by atoms with Crippen molar-refractivity contribution < 1.29 is 4.79 Å². The zero-order valence-electron chi connectivity index (χ0n) is 8.22. The van der Waals surface area contributed by atoms with Crippen molar-refractivity contribution in [2.24, 2.45) is 5.73 Å². The van der Waals surface area contributed by atoms with Gasteiger partial charge in [0.05, 0.1) is 0 Å². The highest BCUT2D eigenvalue weighted by Crippen LogP contribution is 2.18. The van der Waals surface area contributed by atoms with Crippen molar-refractivity contribution in [3.8, 4) is 0 Å². The van der Waals surface area contributed by atoms with Crippen LogP contribution in [0.25, 0.3) is 0 Å². The van der Waals surface area contributed by atoms with E-state index in [1.165, 1.54) is 12.8 Å². The summed E-state index contributed by atoms with van der Waals surface area (Å²) in [5.41, 5.74) is 5.37. The molecule has 13 heavy (non-hydrogen) atoms. The standard InChI is InChI=1S/C10H20N2O/c11-8-4-2-1-3-5-10(13)12-9-6-7-9/h9H,1-8,11H2,(H,12,13). The van der Waals surface area contributed by atoms with E-state index in [9.17, 15) is 4.79 Å². The van der Waals surface area contributed by atoms with E-state index in [1.54, 1.807) is 0 Å². The van der Waals surface area contributed by atoms with Crippen LogP contribution in [0.1, 0.15) is 44.9 Å². The molecule has 3 N–H and O–H groups in total. The Balaban J connectivity index is 1.83. The van der Waals surface area contributed by atoms with Gasteiger partial charge in [0, 0.05) is 12.5 Å². The van der Waals surface area contributed by atoms with Crippen LogP contribution in [0.4, 0.5) is 0 Å².